The number of ether oxygens (including phenoxy) is 1. The lowest BCUT2D eigenvalue weighted by atomic mass is 10.1. The first-order valence-corrected chi connectivity index (χ1v) is 6.58. The summed E-state index contributed by atoms with van der Waals surface area (Å²) in [6.45, 7) is 2.32. The molecule has 0 spiro atoms. The SMILES string of the molecule is COCC1=CCN(C(=O)N2CCC[C@@H]2C(=O)O)CC1. The number of amides is 2. The van der Waals surface area contributed by atoms with Crippen LogP contribution in [0.4, 0.5) is 4.79 Å². The van der Waals surface area contributed by atoms with E-state index in [1.54, 1.807) is 12.0 Å². The van der Waals surface area contributed by atoms with E-state index in [1.807, 2.05) is 6.08 Å². The molecule has 0 aromatic heterocycles. The van der Waals surface area contributed by atoms with Crippen LogP contribution in [0, 0.1) is 0 Å². The van der Waals surface area contributed by atoms with Gasteiger partial charge < -0.3 is 19.6 Å². The number of carboxylic acid groups (broad SMARTS) is 1. The highest BCUT2D eigenvalue weighted by Gasteiger charge is 2.36. The molecular formula is C13H20N2O4. The summed E-state index contributed by atoms with van der Waals surface area (Å²) >= 11 is 0. The fourth-order valence-electron chi connectivity index (χ4n) is 2.64. The summed E-state index contributed by atoms with van der Waals surface area (Å²) in [5.74, 6) is -0.904. The molecule has 19 heavy (non-hydrogen) atoms. The van der Waals surface area contributed by atoms with Crippen molar-refractivity contribution < 1.29 is 19.4 Å². The number of carbonyl (C=O) groups excluding carboxylic acids is 1. The van der Waals surface area contributed by atoms with E-state index in [9.17, 15) is 9.59 Å². The second-order valence-corrected chi connectivity index (χ2v) is 4.96. The van der Waals surface area contributed by atoms with E-state index in [2.05, 4.69) is 0 Å². The van der Waals surface area contributed by atoms with Gasteiger partial charge in [0.1, 0.15) is 6.04 Å². The number of methoxy groups -OCH3 is 1. The first-order chi connectivity index (χ1) is 9.13. The second-order valence-electron chi connectivity index (χ2n) is 4.96. The van der Waals surface area contributed by atoms with E-state index < -0.39 is 12.0 Å². The molecule has 6 heteroatoms. The number of urea groups is 1. The minimum absolute atomic E-state index is 0.155. The van der Waals surface area contributed by atoms with Crippen molar-refractivity contribution in [1.82, 2.24) is 9.80 Å². The van der Waals surface area contributed by atoms with Crippen LogP contribution >= 0.6 is 0 Å². The average Bonchev–Trinajstić information content (AvgIpc) is 2.88. The molecule has 2 rings (SSSR count). The van der Waals surface area contributed by atoms with Crippen molar-refractivity contribution in [2.24, 2.45) is 0 Å². The summed E-state index contributed by atoms with van der Waals surface area (Å²) in [7, 11) is 1.65. The summed E-state index contributed by atoms with van der Waals surface area (Å²) in [5.41, 5.74) is 1.20. The largest absolute Gasteiger partial charge is 0.480 e. The Labute approximate surface area is 112 Å². The first kappa shape index (κ1) is 13.9. The third-order valence-electron chi connectivity index (χ3n) is 3.69. The van der Waals surface area contributed by atoms with Gasteiger partial charge in [0.25, 0.3) is 0 Å². The van der Waals surface area contributed by atoms with Crippen LogP contribution in [0.25, 0.3) is 0 Å². The van der Waals surface area contributed by atoms with E-state index in [1.165, 1.54) is 10.5 Å². The number of hydrogen-bond donors (Lipinski definition) is 1. The third kappa shape index (κ3) is 3.07. The van der Waals surface area contributed by atoms with Crippen molar-refractivity contribution >= 4 is 12.0 Å². The molecule has 1 fully saturated rings. The van der Waals surface area contributed by atoms with Crippen molar-refractivity contribution in [1.29, 1.82) is 0 Å². The molecule has 0 bridgehead atoms. The number of nitrogens with zero attached hydrogens (tertiary/aromatic N) is 2. The van der Waals surface area contributed by atoms with Crippen LogP contribution in [-0.2, 0) is 9.53 Å². The van der Waals surface area contributed by atoms with Gasteiger partial charge in [-0.25, -0.2) is 9.59 Å². The normalized spacial score (nSPS) is 23.4. The van der Waals surface area contributed by atoms with Crippen LogP contribution in [-0.4, -0.2) is 66.3 Å². The Hall–Kier alpha value is -1.56. The number of carboxylic acids is 1. The molecule has 0 saturated carbocycles. The maximum atomic E-state index is 12.3. The Bertz CT molecular complexity index is 394. The van der Waals surface area contributed by atoms with Gasteiger partial charge in [-0.2, -0.15) is 0 Å². The van der Waals surface area contributed by atoms with Crippen LogP contribution in [0.15, 0.2) is 11.6 Å². The summed E-state index contributed by atoms with van der Waals surface area (Å²) in [5, 5.41) is 9.10. The quantitative estimate of drug-likeness (QED) is 0.773. The van der Waals surface area contributed by atoms with E-state index in [0.29, 0.717) is 32.7 Å². The zero-order chi connectivity index (χ0) is 13.8. The lowest BCUT2D eigenvalue weighted by Crippen LogP contribution is -2.49. The second kappa shape index (κ2) is 6.06. The zero-order valence-corrected chi connectivity index (χ0v) is 11.2. The predicted octanol–water partition coefficient (Wildman–Crippen LogP) is 0.934. The topological polar surface area (TPSA) is 70.1 Å². The highest BCUT2D eigenvalue weighted by atomic mass is 16.5. The monoisotopic (exact) mass is 268 g/mol. The Morgan fingerprint density at radius 1 is 1.47 bits per heavy atom. The average molecular weight is 268 g/mol. The van der Waals surface area contributed by atoms with E-state index in [4.69, 9.17) is 9.84 Å². The van der Waals surface area contributed by atoms with Crippen molar-refractivity contribution in [3.63, 3.8) is 0 Å². The van der Waals surface area contributed by atoms with Gasteiger partial charge in [0.2, 0.25) is 0 Å². The van der Waals surface area contributed by atoms with Gasteiger partial charge in [-0.15, -0.1) is 0 Å². The van der Waals surface area contributed by atoms with Gasteiger partial charge in [0.15, 0.2) is 0 Å². The molecule has 1 saturated heterocycles. The minimum atomic E-state index is -0.904. The predicted molar refractivity (Wildman–Crippen MR) is 68.9 cm³/mol. The van der Waals surface area contributed by atoms with Crippen LogP contribution in [0.2, 0.25) is 0 Å². The van der Waals surface area contributed by atoms with Crippen molar-refractivity contribution in [3.05, 3.63) is 11.6 Å². The molecule has 0 radical (unpaired) electrons. The fraction of sp³-hybridized carbons (Fsp3) is 0.692. The highest BCUT2D eigenvalue weighted by Crippen LogP contribution is 2.21. The number of hydrogen-bond acceptors (Lipinski definition) is 3. The van der Waals surface area contributed by atoms with Gasteiger partial charge >= 0.3 is 12.0 Å². The number of likely N-dealkylation sites (tertiary alicyclic amines) is 1. The maximum absolute atomic E-state index is 12.3. The standard InChI is InChI=1S/C13H20N2O4/c1-19-9-10-4-7-14(8-5-10)13(18)15-6-2-3-11(15)12(16)17/h4,11H,2-3,5-9H2,1H3,(H,16,17)/t11-/m1/s1. The van der Waals surface area contributed by atoms with Gasteiger partial charge in [0, 0.05) is 26.7 Å². The summed E-state index contributed by atoms with van der Waals surface area (Å²) < 4.78 is 5.07. The molecule has 2 heterocycles. The van der Waals surface area contributed by atoms with Crippen LogP contribution in [0.1, 0.15) is 19.3 Å². The van der Waals surface area contributed by atoms with Crippen molar-refractivity contribution in [2.45, 2.75) is 25.3 Å². The molecule has 0 aromatic carbocycles. The molecule has 6 nitrogen and oxygen atoms in total. The molecule has 106 valence electrons. The van der Waals surface area contributed by atoms with Gasteiger partial charge in [0.05, 0.1) is 6.61 Å². The Balaban J connectivity index is 1.96. The molecule has 0 unspecified atom stereocenters. The van der Waals surface area contributed by atoms with E-state index >= 15 is 0 Å². The maximum Gasteiger partial charge on any atom is 0.326 e. The molecule has 1 atom stereocenters. The summed E-state index contributed by atoms with van der Waals surface area (Å²) in [4.78, 5) is 26.6. The lowest BCUT2D eigenvalue weighted by Gasteiger charge is -2.32. The molecule has 2 amide bonds. The molecule has 2 aliphatic heterocycles. The Morgan fingerprint density at radius 2 is 2.26 bits per heavy atom. The zero-order valence-electron chi connectivity index (χ0n) is 11.2. The molecule has 2 aliphatic rings. The number of aliphatic carboxylic acids is 1. The third-order valence-corrected chi connectivity index (χ3v) is 3.69. The van der Waals surface area contributed by atoms with Gasteiger partial charge in [-0.05, 0) is 24.8 Å². The molecule has 0 aromatic rings. The fourth-order valence-corrected chi connectivity index (χ4v) is 2.64. The van der Waals surface area contributed by atoms with Crippen LogP contribution < -0.4 is 0 Å². The number of carbonyl (C=O) groups is 2. The molecule has 1 N–H and O–H groups in total. The Morgan fingerprint density at radius 3 is 2.84 bits per heavy atom. The van der Waals surface area contributed by atoms with Crippen molar-refractivity contribution in [2.75, 3.05) is 33.4 Å². The summed E-state index contributed by atoms with van der Waals surface area (Å²) in [6.07, 6.45) is 4.11. The van der Waals surface area contributed by atoms with Crippen LogP contribution in [0.5, 0.6) is 0 Å². The first-order valence-electron chi connectivity index (χ1n) is 6.58. The number of rotatable bonds is 3. The highest BCUT2D eigenvalue weighted by molar-refractivity contribution is 5.83. The summed E-state index contributed by atoms with van der Waals surface area (Å²) in [6, 6.07) is -0.811. The van der Waals surface area contributed by atoms with Crippen LogP contribution in [0.3, 0.4) is 0 Å². The van der Waals surface area contributed by atoms with Gasteiger partial charge in [-0.3, -0.25) is 0 Å². The lowest BCUT2D eigenvalue weighted by molar-refractivity contribution is -0.141. The Kier molecular flexibility index (Phi) is 4.42. The van der Waals surface area contributed by atoms with Crippen molar-refractivity contribution in [3.8, 4) is 0 Å². The smallest absolute Gasteiger partial charge is 0.326 e. The van der Waals surface area contributed by atoms with E-state index in [0.717, 1.165) is 12.8 Å². The minimum Gasteiger partial charge on any atom is -0.480 e. The van der Waals surface area contributed by atoms with E-state index in [-0.39, 0.29) is 6.03 Å². The van der Waals surface area contributed by atoms with Gasteiger partial charge in [-0.1, -0.05) is 6.08 Å². The molecular weight excluding hydrogens is 248 g/mol. The molecule has 0 aliphatic carbocycles.